The molecular formula is C25H24N2O3. The number of allylic oxidation sites excluding steroid dienone is 2. The fourth-order valence-electron chi connectivity index (χ4n) is 4.61. The summed E-state index contributed by atoms with van der Waals surface area (Å²) in [4.78, 5) is 18.1. The van der Waals surface area contributed by atoms with E-state index in [-0.39, 0.29) is 11.7 Å². The third kappa shape index (κ3) is 3.39. The first kappa shape index (κ1) is 19.9. The Balaban J connectivity index is 1.85. The maximum Gasteiger partial charge on any atom is 0.161 e. The Morgan fingerprint density at radius 3 is 2.50 bits per heavy atom. The van der Waals surface area contributed by atoms with Gasteiger partial charge in [0.05, 0.1) is 26.2 Å². The van der Waals surface area contributed by atoms with Gasteiger partial charge in [-0.1, -0.05) is 30.3 Å². The number of carbonyl (C=O) groups is 1. The summed E-state index contributed by atoms with van der Waals surface area (Å²) in [5, 5.41) is 9.95. The van der Waals surface area contributed by atoms with Crippen LogP contribution in [0.5, 0.6) is 11.5 Å². The Morgan fingerprint density at radius 1 is 1.07 bits per heavy atom. The molecule has 4 rings (SSSR count). The van der Waals surface area contributed by atoms with E-state index in [0.29, 0.717) is 29.9 Å². The van der Waals surface area contributed by atoms with Gasteiger partial charge in [-0.3, -0.25) is 9.79 Å². The van der Waals surface area contributed by atoms with E-state index < -0.39 is 11.8 Å². The number of nitriles is 1. The number of ketones is 1. The molecule has 1 unspecified atom stereocenters. The zero-order valence-corrected chi connectivity index (χ0v) is 17.4. The summed E-state index contributed by atoms with van der Waals surface area (Å²) in [5.74, 6) is 0.506. The minimum absolute atomic E-state index is 0.0523. The molecular weight excluding hydrogens is 376 g/mol. The van der Waals surface area contributed by atoms with E-state index >= 15 is 0 Å². The molecule has 2 aromatic rings. The van der Waals surface area contributed by atoms with E-state index in [2.05, 4.69) is 18.2 Å². The van der Waals surface area contributed by atoms with Crippen LogP contribution in [0.25, 0.3) is 0 Å². The van der Waals surface area contributed by atoms with Crippen LogP contribution in [0.15, 0.2) is 64.8 Å². The molecule has 5 nitrogen and oxygen atoms in total. The summed E-state index contributed by atoms with van der Waals surface area (Å²) >= 11 is 0. The molecule has 1 aliphatic carbocycles. The minimum atomic E-state index is -0.526. The monoisotopic (exact) mass is 400 g/mol. The average molecular weight is 400 g/mol. The summed E-state index contributed by atoms with van der Waals surface area (Å²) in [6, 6.07) is 18.0. The molecule has 0 amide bonds. The highest BCUT2D eigenvalue weighted by molar-refractivity contribution is 6.03. The smallest absolute Gasteiger partial charge is 0.161 e. The quantitative estimate of drug-likeness (QED) is 0.739. The zero-order chi connectivity index (χ0) is 21.3. The Hall–Kier alpha value is -3.39. The first-order valence-electron chi connectivity index (χ1n) is 10.0. The highest BCUT2D eigenvalue weighted by Gasteiger charge is 2.42. The molecule has 1 aliphatic heterocycles. The van der Waals surface area contributed by atoms with Crippen molar-refractivity contribution in [1.29, 1.82) is 5.26 Å². The maximum atomic E-state index is 13.4. The van der Waals surface area contributed by atoms with E-state index in [9.17, 15) is 10.1 Å². The molecule has 0 fully saturated rings. The molecule has 5 heteroatoms. The normalized spacial score (nSPS) is 23.3. The number of aliphatic imine (C=N–C) groups is 1. The number of ether oxygens (including phenoxy) is 2. The lowest BCUT2D eigenvalue weighted by Gasteiger charge is -2.35. The molecule has 0 radical (unpaired) electrons. The number of methoxy groups -OCH3 is 2. The van der Waals surface area contributed by atoms with Crippen LogP contribution in [0.1, 0.15) is 42.7 Å². The van der Waals surface area contributed by atoms with Crippen molar-refractivity contribution in [1.82, 2.24) is 0 Å². The predicted octanol–water partition coefficient (Wildman–Crippen LogP) is 4.80. The number of hydrogen-bond donors (Lipinski definition) is 0. The highest BCUT2D eigenvalue weighted by atomic mass is 16.5. The van der Waals surface area contributed by atoms with Crippen LogP contribution in [-0.2, 0) is 4.79 Å². The van der Waals surface area contributed by atoms with E-state index in [1.807, 2.05) is 43.3 Å². The van der Waals surface area contributed by atoms with Crippen LogP contribution in [-0.4, -0.2) is 25.7 Å². The number of hydrogen-bond acceptors (Lipinski definition) is 5. The van der Waals surface area contributed by atoms with Gasteiger partial charge >= 0.3 is 0 Å². The predicted molar refractivity (Wildman–Crippen MR) is 115 cm³/mol. The SMILES string of the molecule is COc1ccc(OC)c([C@H]2C3=C(C[C@@H](c4ccccc4)CC3=O)N=C(C)C2C#N)c1. The van der Waals surface area contributed by atoms with Crippen molar-refractivity contribution in [2.75, 3.05) is 14.2 Å². The second-order valence-corrected chi connectivity index (χ2v) is 7.74. The molecule has 2 aliphatic rings. The van der Waals surface area contributed by atoms with Gasteiger partial charge in [-0.25, -0.2) is 0 Å². The van der Waals surface area contributed by atoms with E-state index in [0.717, 1.165) is 22.5 Å². The molecule has 0 saturated heterocycles. The largest absolute Gasteiger partial charge is 0.497 e. The lowest BCUT2D eigenvalue weighted by atomic mass is 9.69. The van der Waals surface area contributed by atoms with Crippen molar-refractivity contribution < 1.29 is 14.3 Å². The van der Waals surface area contributed by atoms with Crippen LogP contribution in [0.4, 0.5) is 0 Å². The molecule has 2 aromatic carbocycles. The van der Waals surface area contributed by atoms with Gasteiger partial charge in [0.1, 0.15) is 11.5 Å². The van der Waals surface area contributed by atoms with Gasteiger partial charge in [0, 0.05) is 34.9 Å². The average Bonchev–Trinajstić information content (AvgIpc) is 2.78. The van der Waals surface area contributed by atoms with E-state index in [4.69, 9.17) is 14.5 Å². The van der Waals surface area contributed by atoms with Gasteiger partial charge in [0.15, 0.2) is 5.78 Å². The second kappa shape index (κ2) is 8.16. The Bertz CT molecular complexity index is 1080. The molecule has 152 valence electrons. The van der Waals surface area contributed by atoms with Crippen molar-refractivity contribution in [3.05, 3.63) is 70.9 Å². The number of nitrogens with zero attached hydrogens (tertiary/aromatic N) is 2. The van der Waals surface area contributed by atoms with Crippen molar-refractivity contribution in [3.63, 3.8) is 0 Å². The topological polar surface area (TPSA) is 71.7 Å². The summed E-state index contributed by atoms with van der Waals surface area (Å²) in [7, 11) is 3.20. The second-order valence-electron chi connectivity index (χ2n) is 7.74. The first-order valence-corrected chi connectivity index (χ1v) is 10.0. The van der Waals surface area contributed by atoms with Crippen molar-refractivity contribution in [2.45, 2.75) is 31.6 Å². The number of Topliss-reactive ketones (excluding diaryl/α,β-unsaturated/α-hetero) is 1. The maximum absolute atomic E-state index is 13.4. The summed E-state index contributed by atoms with van der Waals surface area (Å²) in [5.41, 5.74) is 4.09. The lowest BCUT2D eigenvalue weighted by molar-refractivity contribution is -0.116. The van der Waals surface area contributed by atoms with Gasteiger partial charge in [-0.15, -0.1) is 0 Å². The highest BCUT2D eigenvalue weighted by Crippen LogP contribution is 2.48. The standard InChI is InChI=1S/C25H24N2O3/c1-15-20(14-26)24(19-13-18(29-2)9-10-23(19)30-3)25-21(27-15)11-17(12-22(25)28)16-7-5-4-6-8-16/h4-10,13,17,20,24H,11-12H2,1-3H3/t17-,20?,24-/m1/s1. The molecule has 3 atom stereocenters. The van der Waals surface area contributed by atoms with Crippen LogP contribution in [0.2, 0.25) is 0 Å². The summed E-state index contributed by atoms with van der Waals surface area (Å²) < 4.78 is 11.0. The molecule has 0 N–H and O–H groups in total. The van der Waals surface area contributed by atoms with E-state index in [1.165, 1.54) is 0 Å². The van der Waals surface area contributed by atoms with Crippen LogP contribution in [0.3, 0.4) is 0 Å². The Kier molecular flexibility index (Phi) is 5.41. The summed E-state index contributed by atoms with van der Waals surface area (Å²) in [6.45, 7) is 1.87. The molecule has 1 heterocycles. The molecule has 0 aromatic heterocycles. The third-order valence-electron chi connectivity index (χ3n) is 6.07. The minimum Gasteiger partial charge on any atom is -0.497 e. The van der Waals surface area contributed by atoms with Crippen LogP contribution < -0.4 is 9.47 Å². The molecule has 0 saturated carbocycles. The molecule has 0 spiro atoms. The Labute approximate surface area is 176 Å². The van der Waals surface area contributed by atoms with Crippen molar-refractivity contribution in [2.24, 2.45) is 10.9 Å². The summed E-state index contributed by atoms with van der Waals surface area (Å²) in [6.07, 6.45) is 1.10. The number of benzene rings is 2. The van der Waals surface area contributed by atoms with Gasteiger partial charge in [-0.05, 0) is 43.0 Å². The zero-order valence-electron chi connectivity index (χ0n) is 17.4. The molecule has 0 bridgehead atoms. The van der Waals surface area contributed by atoms with Crippen molar-refractivity contribution >= 4 is 11.5 Å². The van der Waals surface area contributed by atoms with Gasteiger partial charge in [0.25, 0.3) is 0 Å². The Morgan fingerprint density at radius 2 is 1.83 bits per heavy atom. The van der Waals surface area contributed by atoms with Gasteiger partial charge in [-0.2, -0.15) is 5.26 Å². The number of rotatable bonds is 4. The van der Waals surface area contributed by atoms with Gasteiger partial charge < -0.3 is 9.47 Å². The third-order valence-corrected chi connectivity index (χ3v) is 6.07. The van der Waals surface area contributed by atoms with Crippen LogP contribution in [0, 0.1) is 17.2 Å². The fourth-order valence-corrected chi connectivity index (χ4v) is 4.61. The number of carbonyl (C=O) groups excluding carboxylic acids is 1. The first-order chi connectivity index (χ1) is 14.6. The van der Waals surface area contributed by atoms with E-state index in [1.54, 1.807) is 14.2 Å². The van der Waals surface area contributed by atoms with Crippen LogP contribution >= 0.6 is 0 Å². The lowest BCUT2D eigenvalue weighted by Crippen LogP contribution is -2.32. The van der Waals surface area contributed by atoms with Crippen molar-refractivity contribution in [3.8, 4) is 17.6 Å². The molecule has 30 heavy (non-hydrogen) atoms. The fraction of sp³-hybridized carbons (Fsp3) is 0.320. The van der Waals surface area contributed by atoms with Gasteiger partial charge in [0.2, 0.25) is 0 Å².